The van der Waals surface area contributed by atoms with Gasteiger partial charge in [0.15, 0.2) is 5.78 Å². The quantitative estimate of drug-likeness (QED) is 0.322. The van der Waals surface area contributed by atoms with Gasteiger partial charge in [-0.15, -0.1) is 0 Å². The van der Waals surface area contributed by atoms with E-state index in [0.29, 0.717) is 37.1 Å². The maximum atomic E-state index is 13.4. The number of amides is 1. The van der Waals surface area contributed by atoms with Crippen LogP contribution >= 0.6 is 31.9 Å². The Balaban J connectivity index is 1.64. The zero-order valence-electron chi connectivity index (χ0n) is 18.0. The van der Waals surface area contributed by atoms with E-state index in [1.807, 2.05) is 91.0 Å². The van der Waals surface area contributed by atoms with Gasteiger partial charge in [-0.05, 0) is 47.4 Å². The van der Waals surface area contributed by atoms with Crippen LogP contribution in [0.4, 0.5) is 0 Å². The highest BCUT2D eigenvalue weighted by Crippen LogP contribution is 2.27. The number of piperidine rings is 1. The average molecular weight is 565 g/mol. The van der Waals surface area contributed by atoms with Gasteiger partial charge in [-0.2, -0.15) is 0 Å². The van der Waals surface area contributed by atoms with Crippen molar-refractivity contribution in [2.75, 3.05) is 13.1 Å². The molecule has 0 atom stereocenters. The molecular formula is C28H23Br2NO2. The summed E-state index contributed by atoms with van der Waals surface area (Å²) in [5.74, 6) is 0.0241. The van der Waals surface area contributed by atoms with Crippen molar-refractivity contribution in [3.05, 3.63) is 116 Å². The lowest BCUT2D eigenvalue weighted by Gasteiger charge is -2.30. The van der Waals surface area contributed by atoms with E-state index in [2.05, 4.69) is 31.9 Å². The maximum Gasteiger partial charge on any atom is 0.223 e. The number of Topliss-reactive ketones (excluding diaryl/α,β-unsaturated/α-hetero) is 1. The molecule has 1 fully saturated rings. The average Bonchev–Trinajstić information content (AvgIpc) is 2.83. The van der Waals surface area contributed by atoms with Crippen LogP contribution in [-0.4, -0.2) is 29.7 Å². The highest BCUT2D eigenvalue weighted by molar-refractivity contribution is 9.10. The molecular weight excluding hydrogens is 542 g/mol. The van der Waals surface area contributed by atoms with Gasteiger partial charge in [0.2, 0.25) is 5.91 Å². The molecule has 0 aromatic heterocycles. The molecule has 0 aliphatic carbocycles. The van der Waals surface area contributed by atoms with Gasteiger partial charge in [0.25, 0.3) is 0 Å². The number of rotatable bonds is 5. The number of benzene rings is 3. The number of hydrogen-bond acceptors (Lipinski definition) is 2. The van der Waals surface area contributed by atoms with Gasteiger partial charge in [-0.25, -0.2) is 0 Å². The fourth-order valence-electron chi connectivity index (χ4n) is 3.83. The summed E-state index contributed by atoms with van der Waals surface area (Å²) in [5.41, 5.74) is 4.19. The predicted octanol–water partition coefficient (Wildman–Crippen LogP) is 6.72. The summed E-state index contributed by atoms with van der Waals surface area (Å²) in [6.45, 7) is 0.613. The monoisotopic (exact) mass is 563 g/mol. The van der Waals surface area contributed by atoms with Crippen LogP contribution in [0, 0.1) is 0 Å². The van der Waals surface area contributed by atoms with E-state index in [1.165, 1.54) is 0 Å². The van der Waals surface area contributed by atoms with E-state index in [0.717, 1.165) is 25.6 Å². The van der Waals surface area contributed by atoms with Crippen molar-refractivity contribution in [3.8, 4) is 0 Å². The first kappa shape index (κ1) is 23.4. The van der Waals surface area contributed by atoms with Crippen molar-refractivity contribution in [1.29, 1.82) is 0 Å². The first-order chi connectivity index (χ1) is 16.0. The van der Waals surface area contributed by atoms with Crippen LogP contribution in [0.2, 0.25) is 0 Å². The summed E-state index contributed by atoms with van der Waals surface area (Å²) < 4.78 is 1.82. The minimum atomic E-state index is -0.0198. The Bertz CT molecular complexity index is 1160. The molecule has 1 amide bonds. The Morgan fingerprint density at radius 2 is 1.24 bits per heavy atom. The lowest BCUT2D eigenvalue weighted by molar-refractivity contribution is -0.131. The highest BCUT2D eigenvalue weighted by atomic mass is 79.9. The summed E-state index contributed by atoms with van der Waals surface area (Å²) in [5, 5.41) is 0. The van der Waals surface area contributed by atoms with Crippen LogP contribution in [0.3, 0.4) is 0 Å². The largest absolute Gasteiger partial charge is 0.334 e. The van der Waals surface area contributed by atoms with Crippen LogP contribution < -0.4 is 0 Å². The van der Waals surface area contributed by atoms with Gasteiger partial charge in [-0.3, -0.25) is 9.59 Å². The summed E-state index contributed by atoms with van der Waals surface area (Å²) >= 11 is 7.12. The number of nitrogens with zero attached hydrogens (tertiary/aromatic N) is 1. The first-order valence-electron chi connectivity index (χ1n) is 10.8. The molecule has 3 aromatic carbocycles. The second-order valence-corrected chi connectivity index (χ2v) is 9.66. The Labute approximate surface area is 211 Å². The molecule has 1 aliphatic rings. The lowest BCUT2D eigenvalue weighted by atomic mass is 9.93. The van der Waals surface area contributed by atoms with Gasteiger partial charge in [0, 0.05) is 39.6 Å². The molecule has 0 N–H and O–H groups in total. The molecule has 0 saturated carbocycles. The molecule has 0 unspecified atom stereocenters. The number of hydrogen-bond donors (Lipinski definition) is 0. The Kier molecular flexibility index (Phi) is 7.73. The van der Waals surface area contributed by atoms with Crippen LogP contribution in [0.5, 0.6) is 0 Å². The highest BCUT2D eigenvalue weighted by Gasteiger charge is 2.29. The maximum absolute atomic E-state index is 13.4. The Morgan fingerprint density at radius 3 is 1.76 bits per heavy atom. The normalized spacial score (nSPS) is 16.4. The van der Waals surface area contributed by atoms with Crippen molar-refractivity contribution in [3.63, 3.8) is 0 Å². The third-order valence-corrected chi connectivity index (χ3v) is 7.04. The number of aryl methyl sites for hydroxylation is 1. The smallest absolute Gasteiger partial charge is 0.223 e. The van der Waals surface area contributed by atoms with Gasteiger partial charge < -0.3 is 4.90 Å². The molecule has 166 valence electrons. The van der Waals surface area contributed by atoms with Gasteiger partial charge in [0.05, 0.1) is 0 Å². The topological polar surface area (TPSA) is 37.4 Å². The molecule has 1 aliphatic heterocycles. The minimum Gasteiger partial charge on any atom is -0.334 e. The number of carbonyl (C=O) groups excluding carboxylic acids is 2. The van der Waals surface area contributed by atoms with Crippen molar-refractivity contribution < 1.29 is 9.59 Å². The van der Waals surface area contributed by atoms with Crippen LogP contribution in [0.25, 0.3) is 12.2 Å². The Hall–Kier alpha value is -2.76. The molecule has 1 saturated heterocycles. The fraction of sp³-hybridized carbons (Fsp3) is 0.143. The van der Waals surface area contributed by atoms with E-state index in [9.17, 15) is 9.59 Å². The number of carbonyl (C=O) groups is 2. The SMILES string of the molecule is O=C1/C(=C/c2ccccc2Br)CN(C(=O)CCc2ccccc2)C/C1=C\c1ccccc1Br. The van der Waals surface area contributed by atoms with Gasteiger partial charge >= 0.3 is 0 Å². The van der Waals surface area contributed by atoms with Crippen molar-refractivity contribution in [2.45, 2.75) is 12.8 Å². The summed E-state index contributed by atoms with van der Waals surface area (Å²) in [7, 11) is 0. The lowest BCUT2D eigenvalue weighted by Crippen LogP contribution is -2.41. The summed E-state index contributed by atoms with van der Waals surface area (Å²) in [6.07, 6.45) is 4.85. The molecule has 5 heteroatoms. The second-order valence-electron chi connectivity index (χ2n) is 7.95. The molecule has 3 aromatic rings. The van der Waals surface area contributed by atoms with Crippen molar-refractivity contribution in [1.82, 2.24) is 4.90 Å². The Morgan fingerprint density at radius 1 is 0.758 bits per heavy atom. The van der Waals surface area contributed by atoms with Gasteiger partial charge in [-0.1, -0.05) is 98.6 Å². The summed E-state index contributed by atoms with van der Waals surface area (Å²) in [6, 6.07) is 25.5. The third-order valence-electron chi connectivity index (χ3n) is 5.60. The molecule has 0 bridgehead atoms. The predicted molar refractivity (Wildman–Crippen MR) is 141 cm³/mol. The van der Waals surface area contributed by atoms with Gasteiger partial charge in [0.1, 0.15) is 0 Å². The molecule has 0 radical (unpaired) electrons. The van der Waals surface area contributed by atoms with E-state index in [1.54, 1.807) is 4.90 Å². The van der Waals surface area contributed by atoms with Crippen molar-refractivity contribution in [2.24, 2.45) is 0 Å². The van der Waals surface area contributed by atoms with E-state index < -0.39 is 0 Å². The van der Waals surface area contributed by atoms with Crippen LogP contribution in [0.15, 0.2) is 99.0 Å². The van der Waals surface area contributed by atoms with Crippen molar-refractivity contribution >= 4 is 55.7 Å². The van der Waals surface area contributed by atoms with Crippen LogP contribution in [0.1, 0.15) is 23.1 Å². The molecule has 0 spiro atoms. The second kappa shape index (κ2) is 10.9. The standard InChI is InChI=1S/C28H23Br2NO2/c29-25-12-6-4-10-21(25)16-23-18-31(27(32)15-14-20-8-2-1-3-9-20)19-24(28(23)33)17-22-11-5-7-13-26(22)30/h1-13,16-17H,14-15,18-19H2/b23-16+,24-17+. The first-order valence-corrected chi connectivity index (χ1v) is 12.4. The summed E-state index contributed by atoms with van der Waals surface area (Å²) in [4.78, 5) is 28.3. The molecule has 1 heterocycles. The number of likely N-dealkylation sites (tertiary alicyclic amines) is 1. The number of halogens is 2. The van der Waals surface area contributed by atoms with E-state index in [-0.39, 0.29) is 11.7 Å². The third kappa shape index (κ3) is 5.98. The minimum absolute atomic E-state index is 0.0198. The fourth-order valence-corrected chi connectivity index (χ4v) is 4.63. The molecule has 4 rings (SSSR count). The zero-order valence-corrected chi connectivity index (χ0v) is 21.2. The van der Waals surface area contributed by atoms with Crippen LogP contribution in [-0.2, 0) is 16.0 Å². The number of ketones is 1. The molecule has 33 heavy (non-hydrogen) atoms. The van der Waals surface area contributed by atoms with E-state index >= 15 is 0 Å². The molecule has 3 nitrogen and oxygen atoms in total. The van der Waals surface area contributed by atoms with E-state index in [4.69, 9.17) is 0 Å². The zero-order chi connectivity index (χ0) is 23.2.